The first-order valence-corrected chi connectivity index (χ1v) is 6.24. The predicted octanol–water partition coefficient (Wildman–Crippen LogP) is 2.30. The molecular formula is C14H21NO. The van der Waals surface area contributed by atoms with E-state index in [9.17, 15) is 0 Å². The van der Waals surface area contributed by atoms with Gasteiger partial charge >= 0.3 is 0 Å². The smallest absolute Gasteiger partial charge is 0.0730 e. The highest BCUT2D eigenvalue weighted by Gasteiger charge is 2.22. The zero-order valence-electron chi connectivity index (χ0n) is 9.99. The van der Waals surface area contributed by atoms with Gasteiger partial charge in [0.05, 0.1) is 6.10 Å². The molecule has 1 aliphatic rings. The molecule has 0 amide bonds. The number of rotatable bonds is 4. The van der Waals surface area contributed by atoms with Crippen molar-refractivity contribution in [2.75, 3.05) is 6.61 Å². The van der Waals surface area contributed by atoms with Gasteiger partial charge in [-0.2, -0.15) is 0 Å². The van der Waals surface area contributed by atoms with E-state index in [4.69, 9.17) is 10.5 Å². The van der Waals surface area contributed by atoms with Crippen LogP contribution in [-0.2, 0) is 17.6 Å². The van der Waals surface area contributed by atoms with Crippen molar-refractivity contribution in [3.8, 4) is 0 Å². The number of benzene rings is 1. The van der Waals surface area contributed by atoms with Crippen molar-refractivity contribution in [2.24, 2.45) is 5.73 Å². The van der Waals surface area contributed by atoms with Crippen LogP contribution in [0.3, 0.4) is 0 Å². The van der Waals surface area contributed by atoms with Crippen molar-refractivity contribution < 1.29 is 4.74 Å². The molecule has 0 aromatic heterocycles. The summed E-state index contributed by atoms with van der Waals surface area (Å²) in [7, 11) is 0. The molecule has 2 atom stereocenters. The van der Waals surface area contributed by atoms with Crippen LogP contribution >= 0.6 is 0 Å². The molecule has 1 aromatic rings. The number of hydrogen-bond donors (Lipinski definition) is 1. The summed E-state index contributed by atoms with van der Waals surface area (Å²) in [5.41, 5.74) is 8.86. The van der Waals surface area contributed by atoms with Crippen LogP contribution in [0.2, 0.25) is 0 Å². The van der Waals surface area contributed by atoms with E-state index in [-0.39, 0.29) is 12.1 Å². The SMILES string of the molecule is CCc1ccc(CC(N)C2CCCO2)cc1. The van der Waals surface area contributed by atoms with Gasteiger partial charge in [0, 0.05) is 12.6 Å². The fraction of sp³-hybridized carbons (Fsp3) is 0.571. The maximum atomic E-state index is 6.16. The molecule has 1 aliphatic heterocycles. The monoisotopic (exact) mass is 219 g/mol. The van der Waals surface area contributed by atoms with Gasteiger partial charge in [0.2, 0.25) is 0 Å². The molecule has 1 heterocycles. The van der Waals surface area contributed by atoms with Crippen LogP contribution in [0.25, 0.3) is 0 Å². The fourth-order valence-corrected chi connectivity index (χ4v) is 2.25. The zero-order valence-corrected chi connectivity index (χ0v) is 9.99. The van der Waals surface area contributed by atoms with Crippen LogP contribution < -0.4 is 5.73 Å². The minimum Gasteiger partial charge on any atom is -0.377 e. The summed E-state index contributed by atoms with van der Waals surface area (Å²) in [6, 6.07) is 8.91. The minimum absolute atomic E-state index is 0.148. The number of hydrogen-bond acceptors (Lipinski definition) is 2. The second-order valence-corrected chi connectivity index (χ2v) is 4.59. The third-order valence-corrected chi connectivity index (χ3v) is 3.35. The van der Waals surface area contributed by atoms with Gasteiger partial charge in [0.1, 0.15) is 0 Å². The normalized spacial score (nSPS) is 22.2. The summed E-state index contributed by atoms with van der Waals surface area (Å²) in [5.74, 6) is 0. The van der Waals surface area contributed by atoms with Crippen molar-refractivity contribution in [3.05, 3.63) is 35.4 Å². The molecule has 1 saturated heterocycles. The molecule has 0 bridgehead atoms. The Kier molecular flexibility index (Phi) is 3.97. The van der Waals surface area contributed by atoms with Crippen molar-refractivity contribution in [2.45, 2.75) is 44.8 Å². The number of nitrogens with two attached hydrogens (primary N) is 1. The van der Waals surface area contributed by atoms with Gasteiger partial charge in [0.15, 0.2) is 0 Å². The molecule has 16 heavy (non-hydrogen) atoms. The van der Waals surface area contributed by atoms with E-state index in [2.05, 4.69) is 31.2 Å². The maximum absolute atomic E-state index is 6.16. The Morgan fingerprint density at radius 1 is 1.31 bits per heavy atom. The first-order valence-electron chi connectivity index (χ1n) is 6.24. The highest BCUT2D eigenvalue weighted by molar-refractivity contribution is 5.23. The highest BCUT2D eigenvalue weighted by atomic mass is 16.5. The Balaban J connectivity index is 1.92. The van der Waals surface area contributed by atoms with Crippen LogP contribution in [0.1, 0.15) is 30.9 Å². The summed E-state index contributed by atoms with van der Waals surface area (Å²) < 4.78 is 5.61. The molecule has 2 rings (SSSR count). The Morgan fingerprint density at radius 3 is 2.56 bits per heavy atom. The third-order valence-electron chi connectivity index (χ3n) is 3.35. The highest BCUT2D eigenvalue weighted by Crippen LogP contribution is 2.17. The Hall–Kier alpha value is -0.860. The van der Waals surface area contributed by atoms with E-state index < -0.39 is 0 Å². The van der Waals surface area contributed by atoms with Crippen molar-refractivity contribution in [3.63, 3.8) is 0 Å². The lowest BCUT2D eigenvalue weighted by Gasteiger charge is -2.18. The van der Waals surface area contributed by atoms with Crippen LogP contribution in [0.5, 0.6) is 0 Å². The Bertz CT molecular complexity index is 314. The largest absolute Gasteiger partial charge is 0.377 e. The number of aryl methyl sites for hydroxylation is 1. The standard InChI is InChI=1S/C14H21NO/c1-2-11-5-7-12(8-6-11)10-13(15)14-4-3-9-16-14/h5-8,13-14H,2-4,9-10,15H2,1H3. The first kappa shape index (κ1) is 11.6. The van der Waals surface area contributed by atoms with E-state index in [1.807, 2.05) is 0 Å². The fourth-order valence-electron chi connectivity index (χ4n) is 2.25. The molecule has 2 heteroatoms. The van der Waals surface area contributed by atoms with E-state index in [0.717, 1.165) is 32.3 Å². The van der Waals surface area contributed by atoms with E-state index in [1.165, 1.54) is 11.1 Å². The zero-order chi connectivity index (χ0) is 11.4. The molecule has 1 aromatic carbocycles. The number of ether oxygens (including phenoxy) is 1. The van der Waals surface area contributed by atoms with Gasteiger partial charge in [-0.05, 0) is 36.8 Å². The van der Waals surface area contributed by atoms with Crippen LogP contribution in [0.4, 0.5) is 0 Å². The van der Waals surface area contributed by atoms with Gasteiger partial charge < -0.3 is 10.5 Å². The van der Waals surface area contributed by atoms with Gasteiger partial charge in [-0.15, -0.1) is 0 Å². The summed E-state index contributed by atoms with van der Waals surface area (Å²) in [4.78, 5) is 0. The van der Waals surface area contributed by atoms with Crippen molar-refractivity contribution in [1.82, 2.24) is 0 Å². The summed E-state index contributed by atoms with van der Waals surface area (Å²) in [5, 5.41) is 0. The molecule has 1 fully saturated rings. The van der Waals surface area contributed by atoms with Crippen LogP contribution in [0.15, 0.2) is 24.3 Å². The lowest BCUT2D eigenvalue weighted by Crippen LogP contribution is -2.36. The van der Waals surface area contributed by atoms with E-state index in [1.54, 1.807) is 0 Å². The average Bonchev–Trinajstić information content (AvgIpc) is 2.83. The molecule has 2 nitrogen and oxygen atoms in total. The van der Waals surface area contributed by atoms with E-state index >= 15 is 0 Å². The van der Waals surface area contributed by atoms with Gasteiger partial charge in [0.25, 0.3) is 0 Å². The Labute approximate surface area is 97.8 Å². The van der Waals surface area contributed by atoms with Gasteiger partial charge in [-0.3, -0.25) is 0 Å². The molecule has 0 aliphatic carbocycles. The molecule has 0 radical (unpaired) electrons. The average molecular weight is 219 g/mol. The molecule has 0 saturated carbocycles. The van der Waals surface area contributed by atoms with Crippen molar-refractivity contribution in [1.29, 1.82) is 0 Å². The lowest BCUT2D eigenvalue weighted by molar-refractivity contribution is 0.0900. The van der Waals surface area contributed by atoms with Crippen molar-refractivity contribution >= 4 is 0 Å². The van der Waals surface area contributed by atoms with Crippen LogP contribution in [0, 0.1) is 0 Å². The summed E-state index contributed by atoms with van der Waals surface area (Å²) in [6.07, 6.45) is 4.57. The van der Waals surface area contributed by atoms with Gasteiger partial charge in [-0.1, -0.05) is 31.2 Å². The molecule has 2 N–H and O–H groups in total. The molecule has 88 valence electrons. The second kappa shape index (κ2) is 5.46. The maximum Gasteiger partial charge on any atom is 0.0730 e. The summed E-state index contributed by atoms with van der Waals surface area (Å²) in [6.45, 7) is 3.06. The second-order valence-electron chi connectivity index (χ2n) is 4.59. The van der Waals surface area contributed by atoms with Crippen LogP contribution in [-0.4, -0.2) is 18.8 Å². The molecule has 0 spiro atoms. The third kappa shape index (κ3) is 2.83. The topological polar surface area (TPSA) is 35.2 Å². The lowest BCUT2D eigenvalue weighted by atomic mass is 9.99. The summed E-state index contributed by atoms with van der Waals surface area (Å²) >= 11 is 0. The first-order chi connectivity index (χ1) is 7.79. The predicted molar refractivity (Wildman–Crippen MR) is 66.5 cm³/mol. The molecular weight excluding hydrogens is 198 g/mol. The Morgan fingerprint density at radius 2 is 2.00 bits per heavy atom. The van der Waals surface area contributed by atoms with E-state index in [0.29, 0.717) is 0 Å². The quantitative estimate of drug-likeness (QED) is 0.843. The van der Waals surface area contributed by atoms with Gasteiger partial charge in [-0.25, -0.2) is 0 Å². The minimum atomic E-state index is 0.148. The molecule has 2 unspecified atom stereocenters.